The van der Waals surface area contributed by atoms with Crippen molar-refractivity contribution < 1.29 is 19.5 Å². The van der Waals surface area contributed by atoms with Crippen LogP contribution in [0, 0.1) is 5.92 Å². The summed E-state index contributed by atoms with van der Waals surface area (Å²) in [5.74, 6) is -2.45. The lowest BCUT2D eigenvalue weighted by atomic mass is 9.79. The monoisotopic (exact) mass is 497 g/mol. The second-order valence-electron chi connectivity index (χ2n) is 10.0. The average molecular weight is 498 g/mol. The molecule has 5 N–H and O–H groups in total. The number of nitrogens with two attached hydrogens (primary N) is 1. The van der Waals surface area contributed by atoms with Gasteiger partial charge in [-0.2, -0.15) is 0 Å². The molecular weight excluding hydrogens is 466 g/mol. The van der Waals surface area contributed by atoms with Crippen molar-refractivity contribution in [3.63, 3.8) is 0 Å². The number of fused-ring (bicyclic) bond motifs is 5. The maximum absolute atomic E-state index is 13.6. The van der Waals surface area contributed by atoms with E-state index < -0.39 is 30.0 Å². The number of carboxylic acid groups (broad SMARTS) is 1. The fraction of sp³-hybridized carbons (Fsp3) is 0.300. The topological polar surface area (TPSA) is 122 Å². The van der Waals surface area contributed by atoms with Gasteiger partial charge in [-0.3, -0.25) is 9.59 Å². The van der Waals surface area contributed by atoms with Gasteiger partial charge in [-0.15, -0.1) is 0 Å². The van der Waals surface area contributed by atoms with Crippen LogP contribution in [0.5, 0.6) is 0 Å². The van der Waals surface area contributed by atoms with Crippen molar-refractivity contribution in [2.24, 2.45) is 11.7 Å². The van der Waals surface area contributed by atoms with Crippen LogP contribution >= 0.6 is 0 Å². The first-order valence-corrected chi connectivity index (χ1v) is 12.7. The van der Waals surface area contributed by atoms with Crippen LogP contribution in [0.25, 0.3) is 0 Å². The lowest BCUT2D eigenvalue weighted by molar-refractivity contribution is -0.142. The molecule has 0 unspecified atom stereocenters. The Hall–Kier alpha value is -3.97. The fourth-order valence-corrected chi connectivity index (χ4v) is 5.98. The molecule has 0 aromatic heterocycles. The zero-order valence-electron chi connectivity index (χ0n) is 20.4. The molecule has 1 fully saturated rings. The molecule has 7 nitrogen and oxygen atoms in total. The van der Waals surface area contributed by atoms with E-state index in [1.165, 1.54) is 0 Å². The summed E-state index contributed by atoms with van der Waals surface area (Å²) < 4.78 is 0. The molecule has 2 aliphatic rings. The highest BCUT2D eigenvalue weighted by molar-refractivity contribution is 5.89. The van der Waals surface area contributed by atoms with Gasteiger partial charge in [0.25, 0.3) is 0 Å². The molecule has 190 valence electrons. The minimum Gasteiger partial charge on any atom is -0.480 e. The van der Waals surface area contributed by atoms with Gasteiger partial charge < -0.3 is 21.5 Å². The van der Waals surface area contributed by atoms with Gasteiger partial charge in [0.2, 0.25) is 11.8 Å². The number of hydrogen-bond acceptors (Lipinski definition) is 4. The number of aliphatic carboxylic acids is 1. The van der Waals surface area contributed by atoms with Crippen LogP contribution in [0.4, 0.5) is 0 Å². The van der Waals surface area contributed by atoms with E-state index >= 15 is 0 Å². The standard InChI is InChI=1S/C30H31N3O4/c31-24(15-18-9-3-1-4-10-18)28(34)33-27-23-17-22(20-13-7-8-14-21(20)23)26(27)29(35)32-25(30(36)37)16-19-11-5-2-6-12-19/h1-14,22-27H,15-17,31H2,(H,32,35)(H,33,34)(H,36,37)/t22-,23+,24-,25+,26+,27-/m1/s1. The van der Waals surface area contributed by atoms with Gasteiger partial charge in [0, 0.05) is 18.4 Å². The highest BCUT2D eigenvalue weighted by Crippen LogP contribution is 2.56. The van der Waals surface area contributed by atoms with Crippen LogP contribution in [-0.4, -0.2) is 41.0 Å². The van der Waals surface area contributed by atoms with E-state index in [0.717, 1.165) is 28.7 Å². The third-order valence-electron chi connectivity index (χ3n) is 7.70. The van der Waals surface area contributed by atoms with Gasteiger partial charge in [0.1, 0.15) is 6.04 Å². The Balaban J connectivity index is 1.36. The summed E-state index contributed by atoms with van der Waals surface area (Å²) in [5.41, 5.74) is 10.3. The van der Waals surface area contributed by atoms with E-state index in [1.54, 1.807) is 0 Å². The number of carbonyl (C=O) groups is 3. The first kappa shape index (κ1) is 24.7. The van der Waals surface area contributed by atoms with Crippen molar-refractivity contribution in [3.05, 3.63) is 107 Å². The molecule has 0 aliphatic heterocycles. The Labute approximate surface area is 216 Å². The van der Waals surface area contributed by atoms with Crippen LogP contribution in [0.1, 0.15) is 40.5 Å². The Morgan fingerprint density at radius 1 is 0.811 bits per heavy atom. The molecule has 2 bridgehead atoms. The Bertz CT molecular complexity index is 1280. The van der Waals surface area contributed by atoms with Crippen LogP contribution in [0.2, 0.25) is 0 Å². The summed E-state index contributed by atoms with van der Waals surface area (Å²) in [7, 11) is 0. The number of benzene rings is 3. The minimum atomic E-state index is -1.09. The molecule has 5 rings (SSSR count). The quantitative estimate of drug-likeness (QED) is 0.362. The number of carbonyl (C=O) groups excluding carboxylic acids is 2. The van der Waals surface area contributed by atoms with E-state index in [-0.39, 0.29) is 30.1 Å². The lowest BCUT2D eigenvalue weighted by Gasteiger charge is -2.33. The Morgan fingerprint density at radius 2 is 1.35 bits per heavy atom. The fourth-order valence-electron chi connectivity index (χ4n) is 5.98. The van der Waals surface area contributed by atoms with Crippen LogP contribution in [-0.2, 0) is 27.2 Å². The van der Waals surface area contributed by atoms with Gasteiger partial charge in [-0.25, -0.2) is 4.79 Å². The summed E-state index contributed by atoms with van der Waals surface area (Å²) in [6, 6.07) is 24.5. The van der Waals surface area contributed by atoms with Gasteiger partial charge in [-0.05, 0) is 41.0 Å². The van der Waals surface area contributed by atoms with Gasteiger partial charge in [0.05, 0.1) is 12.0 Å². The summed E-state index contributed by atoms with van der Waals surface area (Å²) in [5, 5.41) is 15.7. The highest BCUT2D eigenvalue weighted by Gasteiger charge is 2.54. The predicted molar refractivity (Wildman–Crippen MR) is 140 cm³/mol. The molecule has 7 heteroatoms. The second kappa shape index (κ2) is 10.6. The van der Waals surface area contributed by atoms with Gasteiger partial charge >= 0.3 is 5.97 Å². The first-order valence-electron chi connectivity index (χ1n) is 12.7. The second-order valence-corrected chi connectivity index (χ2v) is 10.0. The van der Waals surface area contributed by atoms with Crippen LogP contribution in [0.3, 0.4) is 0 Å². The third kappa shape index (κ3) is 5.13. The molecule has 6 atom stereocenters. The Morgan fingerprint density at radius 3 is 1.95 bits per heavy atom. The van der Waals surface area contributed by atoms with E-state index in [1.807, 2.05) is 84.9 Å². The molecule has 3 aromatic carbocycles. The number of rotatable bonds is 9. The average Bonchev–Trinajstić information content (AvgIpc) is 3.46. The maximum Gasteiger partial charge on any atom is 0.326 e. The van der Waals surface area contributed by atoms with Crippen LogP contribution in [0.15, 0.2) is 84.9 Å². The molecular formula is C30H31N3O4. The van der Waals surface area contributed by atoms with E-state index in [0.29, 0.717) is 6.42 Å². The van der Waals surface area contributed by atoms with Gasteiger partial charge in [-0.1, -0.05) is 84.9 Å². The van der Waals surface area contributed by atoms with E-state index in [2.05, 4.69) is 10.6 Å². The smallest absolute Gasteiger partial charge is 0.326 e. The number of hydrogen-bond donors (Lipinski definition) is 4. The third-order valence-corrected chi connectivity index (χ3v) is 7.70. The molecule has 0 heterocycles. The van der Waals surface area contributed by atoms with E-state index in [4.69, 9.17) is 5.73 Å². The van der Waals surface area contributed by atoms with E-state index in [9.17, 15) is 19.5 Å². The predicted octanol–water partition coefficient (Wildman–Crippen LogP) is 2.75. The van der Waals surface area contributed by atoms with Gasteiger partial charge in [0.15, 0.2) is 0 Å². The SMILES string of the molecule is N[C@H](Cc1ccccc1)C(=O)N[C@H]1[C@@H](C(=O)N[C@@H](Cc2ccccc2)C(=O)O)[C@@H]2C[C@H]1c1ccccc12. The Kier molecular flexibility index (Phi) is 7.06. The summed E-state index contributed by atoms with van der Waals surface area (Å²) in [4.78, 5) is 38.8. The molecule has 37 heavy (non-hydrogen) atoms. The molecule has 3 aromatic rings. The van der Waals surface area contributed by atoms with Crippen molar-refractivity contribution in [2.75, 3.05) is 0 Å². The first-order chi connectivity index (χ1) is 17.9. The molecule has 2 aliphatic carbocycles. The maximum atomic E-state index is 13.6. The minimum absolute atomic E-state index is 0.0257. The van der Waals surface area contributed by atoms with Crippen molar-refractivity contribution in [3.8, 4) is 0 Å². The largest absolute Gasteiger partial charge is 0.480 e. The molecule has 1 saturated carbocycles. The number of carboxylic acids is 1. The molecule has 0 radical (unpaired) electrons. The molecule has 0 saturated heterocycles. The summed E-state index contributed by atoms with van der Waals surface area (Å²) >= 11 is 0. The van der Waals surface area contributed by atoms with Crippen molar-refractivity contribution >= 4 is 17.8 Å². The lowest BCUT2D eigenvalue weighted by Crippen LogP contribution is -2.55. The molecule has 0 spiro atoms. The zero-order chi connectivity index (χ0) is 25.9. The number of amides is 2. The van der Waals surface area contributed by atoms with Crippen LogP contribution < -0.4 is 16.4 Å². The van der Waals surface area contributed by atoms with Crippen molar-refractivity contribution in [1.29, 1.82) is 0 Å². The zero-order valence-corrected chi connectivity index (χ0v) is 20.4. The normalized spacial score (nSPS) is 23.1. The number of nitrogens with one attached hydrogen (secondary N) is 2. The molecule has 2 amide bonds. The van der Waals surface area contributed by atoms with Crippen molar-refractivity contribution in [1.82, 2.24) is 10.6 Å². The highest BCUT2D eigenvalue weighted by atomic mass is 16.4. The summed E-state index contributed by atoms with van der Waals surface area (Å²) in [6.45, 7) is 0. The summed E-state index contributed by atoms with van der Waals surface area (Å²) in [6.07, 6.45) is 1.30. The van der Waals surface area contributed by atoms with Crippen molar-refractivity contribution in [2.45, 2.75) is 49.2 Å².